The van der Waals surface area contributed by atoms with Gasteiger partial charge in [-0.2, -0.15) is 0 Å². The van der Waals surface area contributed by atoms with Crippen LogP contribution in [0.15, 0.2) is 11.4 Å². The first-order valence-corrected chi connectivity index (χ1v) is 6.77. The van der Waals surface area contributed by atoms with E-state index < -0.39 is 0 Å². The Morgan fingerprint density at radius 2 is 2.56 bits per heavy atom. The Balaban J connectivity index is 2.20. The van der Waals surface area contributed by atoms with Crippen molar-refractivity contribution in [3.63, 3.8) is 0 Å². The third-order valence-electron chi connectivity index (χ3n) is 2.81. The number of amides is 1. The van der Waals surface area contributed by atoms with Gasteiger partial charge in [-0.15, -0.1) is 11.3 Å². The summed E-state index contributed by atoms with van der Waals surface area (Å²) in [5.41, 5.74) is 6.13. The topological polar surface area (TPSA) is 55.6 Å². The Morgan fingerprint density at radius 1 is 1.72 bits per heavy atom. The van der Waals surface area contributed by atoms with E-state index >= 15 is 0 Å². The van der Waals surface area contributed by atoms with Gasteiger partial charge in [0.2, 0.25) is 0 Å². The lowest BCUT2D eigenvalue weighted by Crippen LogP contribution is -2.47. The Bertz CT molecular complexity index is 487. The van der Waals surface area contributed by atoms with Crippen LogP contribution in [0.25, 0.3) is 0 Å². The summed E-state index contributed by atoms with van der Waals surface area (Å²) >= 11 is 1.43. The van der Waals surface area contributed by atoms with Crippen molar-refractivity contribution in [2.24, 2.45) is 5.73 Å². The third kappa shape index (κ3) is 2.72. The zero-order valence-electron chi connectivity index (χ0n) is 10.3. The van der Waals surface area contributed by atoms with E-state index in [1.165, 1.54) is 11.3 Å². The molecule has 2 rings (SSSR count). The van der Waals surface area contributed by atoms with Crippen LogP contribution in [0.3, 0.4) is 0 Å². The van der Waals surface area contributed by atoms with Crippen molar-refractivity contribution in [2.75, 3.05) is 26.3 Å². The lowest BCUT2D eigenvalue weighted by Gasteiger charge is -2.33. The molecule has 1 amide bonds. The van der Waals surface area contributed by atoms with E-state index in [-0.39, 0.29) is 11.9 Å². The number of thiophene rings is 1. The van der Waals surface area contributed by atoms with Gasteiger partial charge in [0.1, 0.15) is 4.88 Å². The van der Waals surface area contributed by atoms with Crippen LogP contribution in [0.4, 0.5) is 0 Å². The first-order valence-electron chi connectivity index (χ1n) is 5.89. The van der Waals surface area contributed by atoms with Crippen molar-refractivity contribution < 1.29 is 9.53 Å². The molecule has 0 bridgehead atoms. The summed E-state index contributed by atoms with van der Waals surface area (Å²) in [6, 6.07) is 1.98. The SMILES string of the molecule is CC1COCCN1C(=O)c1sccc1C#CCN. The van der Waals surface area contributed by atoms with Crippen LogP contribution in [0, 0.1) is 11.8 Å². The van der Waals surface area contributed by atoms with E-state index in [1.54, 1.807) is 0 Å². The number of hydrogen-bond donors (Lipinski definition) is 1. The van der Waals surface area contributed by atoms with Crippen LogP contribution < -0.4 is 5.73 Å². The minimum atomic E-state index is 0.0436. The molecule has 18 heavy (non-hydrogen) atoms. The number of ether oxygens (including phenoxy) is 1. The quantitative estimate of drug-likeness (QED) is 0.767. The lowest BCUT2D eigenvalue weighted by atomic mass is 10.2. The third-order valence-corrected chi connectivity index (χ3v) is 3.72. The highest BCUT2D eigenvalue weighted by Gasteiger charge is 2.26. The monoisotopic (exact) mass is 264 g/mol. The summed E-state index contributed by atoms with van der Waals surface area (Å²) in [5.74, 6) is 5.78. The Morgan fingerprint density at radius 3 is 3.28 bits per heavy atom. The average molecular weight is 264 g/mol. The highest BCUT2D eigenvalue weighted by atomic mass is 32.1. The van der Waals surface area contributed by atoms with Crippen molar-refractivity contribution in [2.45, 2.75) is 13.0 Å². The van der Waals surface area contributed by atoms with Crippen molar-refractivity contribution in [1.82, 2.24) is 4.90 Å². The van der Waals surface area contributed by atoms with Gasteiger partial charge in [0.15, 0.2) is 0 Å². The molecule has 4 nitrogen and oxygen atoms in total. The zero-order valence-corrected chi connectivity index (χ0v) is 11.1. The van der Waals surface area contributed by atoms with Gasteiger partial charge in [-0.05, 0) is 18.4 Å². The smallest absolute Gasteiger partial charge is 0.265 e. The van der Waals surface area contributed by atoms with Crippen LogP contribution in [-0.4, -0.2) is 43.2 Å². The van der Waals surface area contributed by atoms with Crippen molar-refractivity contribution >= 4 is 17.2 Å². The van der Waals surface area contributed by atoms with Gasteiger partial charge < -0.3 is 15.4 Å². The molecule has 1 fully saturated rings. The van der Waals surface area contributed by atoms with Gasteiger partial charge in [0, 0.05) is 12.1 Å². The molecule has 1 saturated heterocycles. The molecule has 96 valence electrons. The Kier molecular flexibility index (Phi) is 4.37. The number of hydrogen-bond acceptors (Lipinski definition) is 4. The van der Waals surface area contributed by atoms with Crippen molar-refractivity contribution in [3.05, 3.63) is 21.9 Å². The maximum absolute atomic E-state index is 12.4. The molecule has 1 aliphatic rings. The molecule has 2 N–H and O–H groups in total. The molecule has 0 aliphatic carbocycles. The molecule has 5 heteroatoms. The largest absolute Gasteiger partial charge is 0.377 e. The highest BCUT2D eigenvalue weighted by molar-refractivity contribution is 7.12. The maximum atomic E-state index is 12.4. The second kappa shape index (κ2) is 6.01. The maximum Gasteiger partial charge on any atom is 0.265 e. The summed E-state index contributed by atoms with van der Waals surface area (Å²) in [5, 5.41) is 1.89. The van der Waals surface area contributed by atoms with Crippen molar-refractivity contribution in [1.29, 1.82) is 0 Å². The van der Waals surface area contributed by atoms with E-state index in [2.05, 4.69) is 11.8 Å². The number of nitrogens with zero attached hydrogens (tertiary/aromatic N) is 1. The molecule has 1 atom stereocenters. The van der Waals surface area contributed by atoms with Crippen LogP contribution >= 0.6 is 11.3 Å². The first-order chi connectivity index (χ1) is 8.74. The minimum absolute atomic E-state index is 0.0436. The second-order valence-corrected chi connectivity index (χ2v) is 5.01. The number of rotatable bonds is 1. The van der Waals surface area contributed by atoms with Crippen LogP contribution in [0.2, 0.25) is 0 Å². The number of carbonyl (C=O) groups is 1. The summed E-state index contributed by atoms with van der Waals surface area (Å²) in [4.78, 5) is 15.0. The molecule has 1 aromatic heterocycles. The number of carbonyl (C=O) groups excluding carboxylic acids is 1. The zero-order chi connectivity index (χ0) is 13.0. The van der Waals surface area contributed by atoms with Crippen LogP contribution in [0.5, 0.6) is 0 Å². The van der Waals surface area contributed by atoms with Crippen molar-refractivity contribution in [3.8, 4) is 11.8 Å². The number of nitrogens with two attached hydrogens (primary N) is 1. The molecule has 1 aliphatic heterocycles. The Labute approximate surface area is 111 Å². The van der Waals surface area contributed by atoms with E-state index in [9.17, 15) is 4.79 Å². The molecule has 1 aromatic rings. The van der Waals surface area contributed by atoms with Gasteiger partial charge in [-0.3, -0.25) is 4.79 Å². The van der Waals surface area contributed by atoms with Crippen LogP contribution in [0.1, 0.15) is 22.2 Å². The molecular formula is C13H16N2O2S. The van der Waals surface area contributed by atoms with Gasteiger partial charge in [-0.25, -0.2) is 0 Å². The minimum Gasteiger partial charge on any atom is -0.377 e. The van der Waals surface area contributed by atoms with E-state index in [4.69, 9.17) is 10.5 Å². The summed E-state index contributed by atoms with van der Waals surface area (Å²) in [6.45, 7) is 4.14. The molecule has 0 aromatic carbocycles. The van der Waals surface area contributed by atoms with Gasteiger partial charge in [0.25, 0.3) is 5.91 Å². The molecule has 0 saturated carbocycles. The summed E-state index contributed by atoms with van der Waals surface area (Å²) in [7, 11) is 0. The fourth-order valence-electron chi connectivity index (χ4n) is 1.88. The van der Waals surface area contributed by atoms with E-state index in [0.717, 1.165) is 5.56 Å². The predicted molar refractivity (Wildman–Crippen MR) is 71.6 cm³/mol. The molecule has 1 unspecified atom stereocenters. The molecular weight excluding hydrogens is 248 g/mol. The predicted octanol–water partition coefficient (Wildman–Crippen LogP) is 0.919. The van der Waals surface area contributed by atoms with Crippen LogP contribution in [-0.2, 0) is 4.74 Å². The van der Waals surface area contributed by atoms with Gasteiger partial charge in [-0.1, -0.05) is 11.8 Å². The number of morpholine rings is 1. The van der Waals surface area contributed by atoms with Gasteiger partial charge >= 0.3 is 0 Å². The highest BCUT2D eigenvalue weighted by Crippen LogP contribution is 2.20. The fourth-order valence-corrected chi connectivity index (χ4v) is 2.68. The van der Waals surface area contributed by atoms with E-state index in [0.29, 0.717) is 31.2 Å². The van der Waals surface area contributed by atoms with Gasteiger partial charge in [0.05, 0.1) is 25.8 Å². The average Bonchev–Trinajstić information content (AvgIpc) is 2.84. The Hall–Kier alpha value is -1.35. The second-order valence-electron chi connectivity index (χ2n) is 4.09. The summed E-state index contributed by atoms with van der Waals surface area (Å²) < 4.78 is 5.34. The summed E-state index contributed by atoms with van der Waals surface area (Å²) in [6.07, 6.45) is 0. The lowest BCUT2D eigenvalue weighted by molar-refractivity contribution is 0.00385. The first kappa shape index (κ1) is 13.1. The standard InChI is InChI=1S/C13H16N2O2S/c1-10-9-17-7-6-15(10)13(16)12-11(3-2-5-14)4-8-18-12/h4,8,10H,5-7,9,14H2,1H3. The normalized spacial score (nSPS) is 19.2. The molecule has 0 radical (unpaired) electrons. The molecule has 2 heterocycles. The molecule has 0 spiro atoms. The van der Waals surface area contributed by atoms with E-state index in [1.807, 2.05) is 23.3 Å². The fraction of sp³-hybridized carbons (Fsp3) is 0.462.